The summed E-state index contributed by atoms with van der Waals surface area (Å²) in [5.41, 5.74) is -0.715. The molecule has 1 aliphatic carbocycles. The zero-order valence-electron chi connectivity index (χ0n) is 10.2. The standard InChI is InChI=1S/C12H20O4/c1-4-9(11(14)16-5-2)10(13)12(15-3)7-6-8-12/h9H,4-8H2,1-3H3. The molecule has 0 spiro atoms. The molecule has 0 saturated heterocycles. The molecule has 0 aromatic rings. The zero-order valence-corrected chi connectivity index (χ0v) is 10.2. The van der Waals surface area contributed by atoms with Crippen molar-refractivity contribution in [2.75, 3.05) is 13.7 Å². The van der Waals surface area contributed by atoms with E-state index in [1.54, 1.807) is 6.92 Å². The second kappa shape index (κ2) is 5.43. The first-order valence-electron chi connectivity index (χ1n) is 5.87. The Bertz CT molecular complexity index is 263. The molecule has 1 atom stereocenters. The summed E-state index contributed by atoms with van der Waals surface area (Å²) in [7, 11) is 1.54. The van der Waals surface area contributed by atoms with Crippen LogP contribution in [0.5, 0.6) is 0 Å². The summed E-state index contributed by atoms with van der Waals surface area (Å²) < 4.78 is 10.2. The minimum Gasteiger partial charge on any atom is -0.465 e. The van der Waals surface area contributed by atoms with Crippen LogP contribution in [0.25, 0.3) is 0 Å². The van der Waals surface area contributed by atoms with Crippen molar-refractivity contribution in [2.24, 2.45) is 5.92 Å². The minimum atomic E-state index is -0.715. The number of methoxy groups -OCH3 is 1. The average Bonchev–Trinajstić information content (AvgIpc) is 2.18. The van der Waals surface area contributed by atoms with E-state index in [1.165, 1.54) is 7.11 Å². The lowest BCUT2D eigenvalue weighted by Gasteiger charge is -2.40. The van der Waals surface area contributed by atoms with Crippen molar-refractivity contribution in [2.45, 2.75) is 45.1 Å². The first-order chi connectivity index (χ1) is 7.61. The molecule has 1 unspecified atom stereocenters. The molecule has 0 aromatic heterocycles. The predicted molar refractivity (Wildman–Crippen MR) is 59.0 cm³/mol. The second-order valence-electron chi connectivity index (χ2n) is 4.13. The number of hydrogen-bond acceptors (Lipinski definition) is 4. The molecular formula is C12H20O4. The highest BCUT2D eigenvalue weighted by Crippen LogP contribution is 2.38. The Labute approximate surface area is 96.3 Å². The summed E-state index contributed by atoms with van der Waals surface area (Å²) in [6.45, 7) is 3.87. The van der Waals surface area contributed by atoms with E-state index < -0.39 is 17.5 Å². The van der Waals surface area contributed by atoms with Crippen LogP contribution in [-0.4, -0.2) is 31.1 Å². The highest BCUT2D eigenvalue weighted by atomic mass is 16.5. The third-order valence-corrected chi connectivity index (χ3v) is 3.30. The highest BCUT2D eigenvalue weighted by molar-refractivity contribution is 6.03. The van der Waals surface area contributed by atoms with Gasteiger partial charge in [0.2, 0.25) is 0 Å². The molecule has 0 N–H and O–H groups in total. The van der Waals surface area contributed by atoms with Gasteiger partial charge in [0, 0.05) is 7.11 Å². The molecule has 4 heteroatoms. The van der Waals surface area contributed by atoms with Crippen molar-refractivity contribution in [3.63, 3.8) is 0 Å². The van der Waals surface area contributed by atoms with Crippen molar-refractivity contribution < 1.29 is 19.1 Å². The molecular weight excluding hydrogens is 208 g/mol. The molecule has 1 aliphatic rings. The lowest BCUT2D eigenvalue weighted by molar-refractivity contribution is -0.166. The molecule has 0 heterocycles. The summed E-state index contributed by atoms with van der Waals surface area (Å²) in [5.74, 6) is -1.19. The van der Waals surface area contributed by atoms with Gasteiger partial charge in [-0.3, -0.25) is 9.59 Å². The average molecular weight is 228 g/mol. The van der Waals surface area contributed by atoms with E-state index in [2.05, 4.69) is 0 Å². The molecule has 0 radical (unpaired) electrons. The van der Waals surface area contributed by atoms with Gasteiger partial charge in [0.05, 0.1) is 6.61 Å². The number of carbonyl (C=O) groups excluding carboxylic acids is 2. The van der Waals surface area contributed by atoms with Gasteiger partial charge in [-0.1, -0.05) is 6.92 Å². The van der Waals surface area contributed by atoms with Gasteiger partial charge in [-0.05, 0) is 32.6 Å². The van der Waals surface area contributed by atoms with Crippen LogP contribution >= 0.6 is 0 Å². The van der Waals surface area contributed by atoms with Crippen molar-refractivity contribution in [1.29, 1.82) is 0 Å². The topological polar surface area (TPSA) is 52.6 Å². The van der Waals surface area contributed by atoms with Crippen LogP contribution in [0.3, 0.4) is 0 Å². The van der Waals surface area contributed by atoms with E-state index in [4.69, 9.17) is 9.47 Å². The van der Waals surface area contributed by atoms with Crippen molar-refractivity contribution in [3.8, 4) is 0 Å². The number of ketones is 1. The van der Waals surface area contributed by atoms with Crippen molar-refractivity contribution in [3.05, 3.63) is 0 Å². The van der Waals surface area contributed by atoms with Gasteiger partial charge >= 0.3 is 5.97 Å². The Hall–Kier alpha value is -0.900. The van der Waals surface area contributed by atoms with Crippen LogP contribution in [0.2, 0.25) is 0 Å². The smallest absolute Gasteiger partial charge is 0.316 e. The molecule has 0 aromatic carbocycles. The molecule has 4 nitrogen and oxygen atoms in total. The van der Waals surface area contributed by atoms with Crippen LogP contribution in [0.1, 0.15) is 39.5 Å². The lowest BCUT2D eigenvalue weighted by atomic mass is 9.72. The summed E-state index contributed by atoms with van der Waals surface area (Å²) in [4.78, 5) is 23.8. The maximum atomic E-state index is 12.2. The number of Topliss-reactive ketones (excluding diaryl/α,β-unsaturated/α-hetero) is 1. The molecule has 92 valence electrons. The lowest BCUT2D eigenvalue weighted by Crippen LogP contribution is -2.51. The quantitative estimate of drug-likeness (QED) is 0.513. The van der Waals surface area contributed by atoms with E-state index >= 15 is 0 Å². The van der Waals surface area contributed by atoms with Gasteiger partial charge in [-0.25, -0.2) is 0 Å². The zero-order chi connectivity index (χ0) is 12.2. The number of rotatable bonds is 6. The number of carbonyl (C=O) groups is 2. The summed E-state index contributed by atoms with van der Waals surface area (Å²) in [5, 5.41) is 0. The van der Waals surface area contributed by atoms with Crippen molar-refractivity contribution >= 4 is 11.8 Å². The number of esters is 1. The fourth-order valence-electron chi connectivity index (χ4n) is 2.07. The Balaban J connectivity index is 2.72. The van der Waals surface area contributed by atoms with Gasteiger partial charge in [0.15, 0.2) is 5.78 Å². The monoisotopic (exact) mass is 228 g/mol. The molecule has 1 rings (SSSR count). The SMILES string of the molecule is CCOC(=O)C(CC)C(=O)C1(OC)CCC1. The summed E-state index contributed by atoms with van der Waals surface area (Å²) in [6, 6.07) is 0. The van der Waals surface area contributed by atoms with Crippen LogP contribution in [0.4, 0.5) is 0 Å². The first kappa shape index (κ1) is 13.2. The molecule has 0 amide bonds. The minimum absolute atomic E-state index is 0.109. The van der Waals surface area contributed by atoms with E-state index in [0.29, 0.717) is 13.0 Å². The Kier molecular flexibility index (Phi) is 4.47. The third-order valence-electron chi connectivity index (χ3n) is 3.30. The molecule has 1 saturated carbocycles. The van der Waals surface area contributed by atoms with Crippen LogP contribution in [0.15, 0.2) is 0 Å². The van der Waals surface area contributed by atoms with E-state index in [9.17, 15) is 9.59 Å². The maximum absolute atomic E-state index is 12.2. The fraction of sp³-hybridized carbons (Fsp3) is 0.833. The molecule has 16 heavy (non-hydrogen) atoms. The number of hydrogen-bond donors (Lipinski definition) is 0. The Morgan fingerprint density at radius 1 is 1.31 bits per heavy atom. The Morgan fingerprint density at radius 3 is 2.25 bits per heavy atom. The normalized spacial score (nSPS) is 19.7. The molecule has 0 bridgehead atoms. The number of ether oxygens (including phenoxy) is 2. The van der Waals surface area contributed by atoms with Crippen LogP contribution in [-0.2, 0) is 19.1 Å². The van der Waals surface area contributed by atoms with Crippen molar-refractivity contribution in [1.82, 2.24) is 0 Å². The van der Waals surface area contributed by atoms with Crippen LogP contribution in [0, 0.1) is 5.92 Å². The first-order valence-corrected chi connectivity index (χ1v) is 5.87. The van der Waals surface area contributed by atoms with E-state index in [0.717, 1.165) is 19.3 Å². The maximum Gasteiger partial charge on any atom is 0.316 e. The van der Waals surface area contributed by atoms with Gasteiger partial charge in [0.25, 0.3) is 0 Å². The largest absolute Gasteiger partial charge is 0.465 e. The predicted octanol–water partition coefficient (Wildman–Crippen LogP) is 1.71. The molecule has 0 aliphatic heterocycles. The van der Waals surface area contributed by atoms with Gasteiger partial charge < -0.3 is 9.47 Å². The van der Waals surface area contributed by atoms with E-state index in [-0.39, 0.29) is 5.78 Å². The summed E-state index contributed by atoms with van der Waals surface area (Å²) in [6.07, 6.45) is 2.90. The van der Waals surface area contributed by atoms with Gasteiger partial charge in [0.1, 0.15) is 11.5 Å². The Morgan fingerprint density at radius 2 is 1.94 bits per heavy atom. The highest BCUT2D eigenvalue weighted by Gasteiger charge is 2.48. The van der Waals surface area contributed by atoms with E-state index in [1.807, 2.05) is 6.92 Å². The van der Waals surface area contributed by atoms with Gasteiger partial charge in [-0.15, -0.1) is 0 Å². The molecule has 1 fully saturated rings. The summed E-state index contributed by atoms with van der Waals surface area (Å²) >= 11 is 0. The third kappa shape index (κ3) is 2.26. The van der Waals surface area contributed by atoms with Crippen LogP contribution < -0.4 is 0 Å². The second-order valence-corrected chi connectivity index (χ2v) is 4.13. The van der Waals surface area contributed by atoms with Gasteiger partial charge in [-0.2, -0.15) is 0 Å². The fourth-order valence-corrected chi connectivity index (χ4v) is 2.07.